The van der Waals surface area contributed by atoms with E-state index in [1.165, 1.54) is 11.1 Å². The molecule has 0 aliphatic rings. The van der Waals surface area contributed by atoms with Gasteiger partial charge in [0.1, 0.15) is 6.29 Å². The number of carbonyl (C=O) groups is 1. The third kappa shape index (κ3) is 3.30. The highest BCUT2D eigenvalue weighted by molar-refractivity contribution is 5.49. The Bertz CT molecular complexity index is 422. The molecular weight excluding hydrogens is 220 g/mol. The first kappa shape index (κ1) is 12.6. The molecule has 0 saturated carbocycles. The fraction of sp³-hybridized carbons (Fsp3) is 0.235. The number of aldehydes is 1. The van der Waals surface area contributed by atoms with Gasteiger partial charge in [-0.05, 0) is 24.0 Å². The van der Waals surface area contributed by atoms with Gasteiger partial charge in [-0.25, -0.2) is 0 Å². The average Bonchev–Trinajstić information content (AvgIpc) is 2.46. The van der Waals surface area contributed by atoms with Crippen LogP contribution in [0.3, 0.4) is 0 Å². The van der Waals surface area contributed by atoms with Gasteiger partial charge in [0.2, 0.25) is 0 Å². The fourth-order valence-electron chi connectivity index (χ4n) is 2.30. The molecule has 0 aliphatic heterocycles. The summed E-state index contributed by atoms with van der Waals surface area (Å²) >= 11 is 0. The van der Waals surface area contributed by atoms with Crippen molar-refractivity contribution in [3.05, 3.63) is 71.8 Å². The van der Waals surface area contributed by atoms with Crippen LogP contribution in [0.4, 0.5) is 0 Å². The van der Waals surface area contributed by atoms with Crippen LogP contribution < -0.4 is 0 Å². The quantitative estimate of drug-likeness (QED) is 0.545. The fourth-order valence-corrected chi connectivity index (χ4v) is 2.30. The van der Waals surface area contributed by atoms with E-state index in [9.17, 15) is 4.79 Å². The van der Waals surface area contributed by atoms with E-state index in [-0.39, 0.29) is 0 Å². The van der Waals surface area contributed by atoms with E-state index in [0.29, 0.717) is 12.3 Å². The number of carbonyl (C=O) groups excluding carboxylic acids is 1. The van der Waals surface area contributed by atoms with Crippen molar-refractivity contribution in [3.8, 4) is 0 Å². The highest BCUT2D eigenvalue weighted by Gasteiger charge is 2.12. The zero-order valence-electron chi connectivity index (χ0n) is 10.5. The number of hydrogen-bond acceptors (Lipinski definition) is 1. The number of benzene rings is 2. The Labute approximate surface area is 108 Å². The SMILES string of the molecule is O=CCCCC(c1ccccc1)c1ccccc1. The van der Waals surface area contributed by atoms with Gasteiger partial charge in [-0.15, -0.1) is 0 Å². The largest absolute Gasteiger partial charge is 0.303 e. The Balaban J connectivity index is 2.21. The van der Waals surface area contributed by atoms with Gasteiger partial charge in [-0.1, -0.05) is 60.7 Å². The lowest BCUT2D eigenvalue weighted by atomic mass is 9.87. The number of unbranched alkanes of at least 4 members (excludes halogenated alkanes) is 1. The molecule has 1 heteroatoms. The Hall–Kier alpha value is -1.89. The van der Waals surface area contributed by atoms with Crippen LogP contribution in [0, 0.1) is 0 Å². The molecule has 0 bridgehead atoms. The second kappa shape index (κ2) is 6.75. The van der Waals surface area contributed by atoms with Crippen molar-refractivity contribution in [1.29, 1.82) is 0 Å². The Kier molecular flexibility index (Phi) is 4.71. The molecule has 92 valence electrons. The van der Waals surface area contributed by atoms with E-state index in [4.69, 9.17) is 0 Å². The first-order chi connectivity index (χ1) is 8.92. The zero-order chi connectivity index (χ0) is 12.6. The van der Waals surface area contributed by atoms with Gasteiger partial charge in [-0.3, -0.25) is 0 Å². The molecular formula is C17H18O. The molecule has 0 spiro atoms. The van der Waals surface area contributed by atoms with Gasteiger partial charge in [0, 0.05) is 12.3 Å². The van der Waals surface area contributed by atoms with E-state index >= 15 is 0 Å². The highest BCUT2D eigenvalue weighted by atomic mass is 16.1. The summed E-state index contributed by atoms with van der Waals surface area (Å²) in [5.41, 5.74) is 2.66. The Morgan fingerprint density at radius 3 is 1.78 bits per heavy atom. The van der Waals surface area contributed by atoms with Gasteiger partial charge in [0.15, 0.2) is 0 Å². The van der Waals surface area contributed by atoms with E-state index < -0.39 is 0 Å². The molecule has 2 rings (SSSR count). The van der Waals surface area contributed by atoms with Gasteiger partial charge in [0.05, 0.1) is 0 Å². The van der Waals surface area contributed by atoms with Crippen molar-refractivity contribution < 1.29 is 4.79 Å². The summed E-state index contributed by atoms with van der Waals surface area (Å²) in [5.74, 6) is 0.396. The lowest BCUT2D eigenvalue weighted by Gasteiger charge is -2.17. The van der Waals surface area contributed by atoms with Gasteiger partial charge >= 0.3 is 0 Å². The van der Waals surface area contributed by atoms with Crippen LogP contribution in [0.1, 0.15) is 36.3 Å². The van der Waals surface area contributed by atoms with Crippen molar-refractivity contribution in [3.63, 3.8) is 0 Å². The first-order valence-corrected chi connectivity index (χ1v) is 6.45. The minimum Gasteiger partial charge on any atom is -0.303 e. The topological polar surface area (TPSA) is 17.1 Å². The molecule has 0 fully saturated rings. The summed E-state index contributed by atoms with van der Waals surface area (Å²) < 4.78 is 0. The highest BCUT2D eigenvalue weighted by Crippen LogP contribution is 2.29. The number of hydrogen-bond donors (Lipinski definition) is 0. The van der Waals surface area contributed by atoms with Gasteiger partial charge in [-0.2, -0.15) is 0 Å². The van der Waals surface area contributed by atoms with Crippen LogP contribution in [0.25, 0.3) is 0 Å². The van der Waals surface area contributed by atoms with Crippen molar-refractivity contribution >= 4 is 6.29 Å². The second-order valence-electron chi connectivity index (χ2n) is 4.47. The minimum absolute atomic E-state index is 0.396. The first-order valence-electron chi connectivity index (χ1n) is 6.45. The van der Waals surface area contributed by atoms with Crippen LogP contribution in [0.5, 0.6) is 0 Å². The van der Waals surface area contributed by atoms with Crippen molar-refractivity contribution in [2.75, 3.05) is 0 Å². The van der Waals surface area contributed by atoms with Crippen LogP contribution in [-0.4, -0.2) is 6.29 Å². The third-order valence-electron chi connectivity index (χ3n) is 3.22. The smallest absolute Gasteiger partial charge is 0.119 e. The summed E-state index contributed by atoms with van der Waals surface area (Å²) in [7, 11) is 0. The molecule has 0 N–H and O–H groups in total. The molecule has 0 atom stereocenters. The monoisotopic (exact) mass is 238 g/mol. The molecule has 0 radical (unpaired) electrons. The Morgan fingerprint density at radius 2 is 1.33 bits per heavy atom. The van der Waals surface area contributed by atoms with E-state index in [1.54, 1.807) is 0 Å². The van der Waals surface area contributed by atoms with Crippen LogP contribution in [0.2, 0.25) is 0 Å². The predicted molar refractivity (Wildman–Crippen MR) is 74.6 cm³/mol. The predicted octanol–water partition coefficient (Wildman–Crippen LogP) is 4.19. The maximum atomic E-state index is 10.5. The molecule has 0 unspecified atom stereocenters. The minimum atomic E-state index is 0.396. The van der Waals surface area contributed by atoms with Gasteiger partial charge < -0.3 is 4.79 Å². The van der Waals surface area contributed by atoms with Crippen LogP contribution in [0.15, 0.2) is 60.7 Å². The summed E-state index contributed by atoms with van der Waals surface area (Å²) in [6, 6.07) is 21.0. The summed E-state index contributed by atoms with van der Waals surface area (Å²) in [4.78, 5) is 10.5. The summed E-state index contributed by atoms with van der Waals surface area (Å²) in [5, 5.41) is 0. The lowest BCUT2D eigenvalue weighted by Crippen LogP contribution is -2.01. The summed E-state index contributed by atoms with van der Waals surface area (Å²) in [6.07, 6.45) is 3.62. The Morgan fingerprint density at radius 1 is 0.833 bits per heavy atom. The number of rotatable bonds is 6. The van der Waals surface area contributed by atoms with Crippen LogP contribution >= 0.6 is 0 Å². The van der Waals surface area contributed by atoms with Crippen molar-refractivity contribution in [2.24, 2.45) is 0 Å². The van der Waals surface area contributed by atoms with E-state index in [1.807, 2.05) is 12.1 Å². The maximum Gasteiger partial charge on any atom is 0.119 e. The zero-order valence-corrected chi connectivity index (χ0v) is 10.5. The molecule has 0 aromatic heterocycles. The van der Waals surface area contributed by atoms with Crippen LogP contribution in [-0.2, 0) is 4.79 Å². The van der Waals surface area contributed by atoms with Crippen molar-refractivity contribution in [1.82, 2.24) is 0 Å². The maximum absolute atomic E-state index is 10.5. The molecule has 2 aromatic rings. The molecule has 18 heavy (non-hydrogen) atoms. The molecule has 0 amide bonds. The van der Waals surface area contributed by atoms with E-state index in [2.05, 4.69) is 48.5 Å². The van der Waals surface area contributed by atoms with Gasteiger partial charge in [0.25, 0.3) is 0 Å². The average molecular weight is 238 g/mol. The molecule has 0 aliphatic carbocycles. The molecule has 0 saturated heterocycles. The second-order valence-corrected chi connectivity index (χ2v) is 4.47. The normalized spacial score (nSPS) is 10.5. The standard InChI is InChI=1S/C17H18O/c18-14-8-7-13-17(15-9-3-1-4-10-15)16-11-5-2-6-12-16/h1-6,9-12,14,17H,7-8,13H2. The summed E-state index contributed by atoms with van der Waals surface area (Å²) in [6.45, 7) is 0. The molecule has 0 heterocycles. The van der Waals surface area contributed by atoms with E-state index in [0.717, 1.165) is 19.1 Å². The van der Waals surface area contributed by atoms with Crippen molar-refractivity contribution in [2.45, 2.75) is 25.2 Å². The lowest BCUT2D eigenvalue weighted by molar-refractivity contribution is -0.107. The third-order valence-corrected chi connectivity index (χ3v) is 3.22. The molecule has 1 nitrogen and oxygen atoms in total. The molecule has 2 aromatic carbocycles.